The average Bonchev–Trinajstić information content (AvgIpc) is 2.17. The third-order valence-electron chi connectivity index (χ3n) is 2.37. The van der Waals surface area contributed by atoms with Crippen LogP contribution in [0.4, 0.5) is 4.39 Å². The Morgan fingerprint density at radius 1 is 1.64 bits per heavy atom. The van der Waals surface area contributed by atoms with Crippen molar-refractivity contribution in [2.24, 2.45) is 5.92 Å². The number of halogens is 1. The van der Waals surface area contributed by atoms with E-state index < -0.39 is 0 Å². The van der Waals surface area contributed by atoms with Crippen molar-refractivity contribution in [3.63, 3.8) is 0 Å². The maximum absolute atomic E-state index is 12.1. The van der Waals surface area contributed by atoms with Gasteiger partial charge in [0, 0.05) is 31.4 Å². The summed E-state index contributed by atoms with van der Waals surface area (Å²) in [5, 5.41) is 0. The van der Waals surface area contributed by atoms with E-state index in [2.05, 4.69) is 4.98 Å². The maximum Gasteiger partial charge on any atom is 0.255 e. The highest BCUT2D eigenvalue weighted by Crippen LogP contribution is 2.18. The average molecular weight is 194 g/mol. The van der Waals surface area contributed by atoms with Crippen LogP contribution in [-0.4, -0.2) is 35.6 Å². The first-order valence-electron chi connectivity index (χ1n) is 4.56. The fourth-order valence-corrected chi connectivity index (χ4v) is 1.51. The summed E-state index contributed by atoms with van der Waals surface area (Å²) in [4.78, 5) is 17.2. The number of alkyl halides is 1. The number of amides is 1. The number of rotatable bonds is 2. The Morgan fingerprint density at radius 3 is 3.00 bits per heavy atom. The van der Waals surface area contributed by atoms with E-state index >= 15 is 0 Å². The molecule has 1 aromatic rings. The summed E-state index contributed by atoms with van der Waals surface area (Å²) in [5.41, 5.74) is 0.574. The molecule has 14 heavy (non-hydrogen) atoms. The first kappa shape index (κ1) is 9.12. The Kier molecular flexibility index (Phi) is 2.43. The summed E-state index contributed by atoms with van der Waals surface area (Å²) in [6.07, 6.45) is 3.16. The van der Waals surface area contributed by atoms with Gasteiger partial charge in [0.05, 0.1) is 12.2 Å². The Labute approximate surface area is 81.6 Å². The van der Waals surface area contributed by atoms with Crippen molar-refractivity contribution in [2.45, 2.75) is 0 Å². The van der Waals surface area contributed by atoms with Crippen molar-refractivity contribution in [1.29, 1.82) is 0 Å². The third-order valence-corrected chi connectivity index (χ3v) is 2.37. The van der Waals surface area contributed by atoms with Gasteiger partial charge in [0.25, 0.3) is 5.91 Å². The molecule has 2 heterocycles. The molecular formula is C10H11FN2O. The molecule has 0 aromatic carbocycles. The summed E-state index contributed by atoms with van der Waals surface area (Å²) in [6.45, 7) is 0.727. The van der Waals surface area contributed by atoms with E-state index in [1.807, 2.05) is 0 Å². The first-order chi connectivity index (χ1) is 6.81. The SMILES string of the molecule is O=C(c1cccnc1)N1CC(CF)C1. The Bertz CT molecular complexity index is 322. The Hall–Kier alpha value is -1.45. The van der Waals surface area contributed by atoms with Crippen LogP contribution in [0.15, 0.2) is 24.5 Å². The largest absolute Gasteiger partial charge is 0.338 e. The van der Waals surface area contributed by atoms with Crippen molar-refractivity contribution in [3.8, 4) is 0 Å². The number of aromatic nitrogens is 1. The van der Waals surface area contributed by atoms with Crippen molar-refractivity contribution >= 4 is 5.91 Å². The summed E-state index contributed by atoms with van der Waals surface area (Å²) >= 11 is 0. The number of nitrogens with zero attached hydrogens (tertiary/aromatic N) is 2. The van der Waals surface area contributed by atoms with Gasteiger partial charge in [0.2, 0.25) is 0 Å². The predicted molar refractivity (Wildman–Crippen MR) is 49.6 cm³/mol. The van der Waals surface area contributed by atoms with Gasteiger partial charge in [-0.05, 0) is 12.1 Å². The van der Waals surface area contributed by atoms with E-state index in [0.717, 1.165) is 0 Å². The number of hydrogen-bond acceptors (Lipinski definition) is 2. The Balaban J connectivity index is 1.98. The lowest BCUT2D eigenvalue weighted by Gasteiger charge is -2.37. The van der Waals surface area contributed by atoms with Crippen LogP contribution in [0.2, 0.25) is 0 Å². The van der Waals surface area contributed by atoms with Gasteiger partial charge in [0.15, 0.2) is 0 Å². The molecule has 74 valence electrons. The summed E-state index contributed by atoms with van der Waals surface area (Å²) in [6, 6.07) is 3.44. The number of carbonyl (C=O) groups excluding carboxylic acids is 1. The second-order valence-corrected chi connectivity index (χ2v) is 3.47. The summed E-state index contributed by atoms with van der Waals surface area (Å²) in [5.74, 6) is -0.0154. The lowest BCUT2D eigenvalue weighted by Crippen LogP contribution is -2.50. The number of hydrogen-bond donors (Lipinski definition) is 0. The lowest BCUT2D eigenvalue weighted by atomic mass is 10.0. The van der Waals surface area contributed by atoms with Gasteiger partial charge in [-0.1, -0.05) is 0 Å². The van der Waals surface area contributed by atoms with Crippen LogP contribution in [-0.2, 0) is 0 Å². The summed E-state index contributed by atoms with van der Waals surface area (Å²) in [7, 11) is 0. The van der Waals surface area contributed by atoms with Crippen molar-refractivity contribution in [1.82, 2.24) is 9.88 Å². The highest BCUT2D eigenvalue weighted by atomic mass is 19.1. The second-order valence-electron chi connectivity index (χ2n) is 3.47. The second kappa shape index (κ2) is 3.74. The lowest BCUT2D eigenvalue weighted by molar-refractivity contribution is 0.0452. The van der Waals surface area contributed by atoms with Crippen LogP contribution >= 0.6 is 0 Å². The monoisotopic (exact) mass is 194 g/mol. The topological polar surface area (TPSA) is 33.2 Å². The highest BCUT2D eigenvalue weighted by Gasteiger charge is 2.30. The van der Waals surface area contributed by atoms with E-state index in [4.69, 9.17) is 0 Å². The van der Waals surface area contributed by atoms with Crippen LogP contribution in [0, 0.1) is 5.92 Å². The highest BCUT2D eigenvalue weighted by molar-refractivity contribution is 5.94. The quantitative estimate of drug-likeness (QED) is 0.707. The van der Waals surface area contributed by atoms with Gasteiger partial charge in [-0.25, -0.2) is 0 Å². The summed E-state index contributed by atoms with van der Waals surface area (Å²) < 4.78 is 12.1. The zero-order valence-corrected chi connectivity index (χ0v) is 7.69. The minimum absolute atomic E-state index is 0.0376. The molecule has 0 aliphatic carbocycles. The molecular weight excluding hydrogens is 183 g/mol. The van der Waals surface area contributed by atoms with Crippen molar-refractivity contribution in [3.05, 3.63) is 30.1 Å². The molecule has 0 radical (unpaired) electrons. The first-order valence-corrected chi connectivity index (χ1v) is 4.56. The van der Waals surface area contributed by atoms with Crippen molar-refractivity contribution < 1.29 is 9.18 Å². The molecule has 1 aliphatic heterocycles. The smallest absolute Gasteiger partial charge is 0.255 e. The van der Waals surface area contributed by atoms with Crippen molar-refractivity contribution in [2.75, 3.05) is 19.8 Å². The van der Waals surface area contributed by atoms with E-state index in [1.165, 1.54) is 6.20 Å². The van der Waals surface area contributed by atoms with Gasteiger partial charge in [-0.15, -0.1) is 0 Å². The molecule has 1 aliphatic rings. The minimum Gasteiger partial charge on any atom is -0.338 e. The number of pyridine rings is 1. The molecule has 1 saturated heterocycles. The van der Waals surface area contributed by atoms with E-state index in [1.54, 1.807) is 23.2 Å². The van der Waals surface area contributed by atoms with Crippen LogP contribution in [0.5, 0.6) is 0 Å². The minimum atomic E-state index is -0.336. The maximum atomic E-state index is 12.1. The van der Waals surface area contributed by atoms with Gasteiger partial charge in [-0.3, -0.25) is 14.2 Å². The fourth-order valence-electron chi connectivity index (χ4n) is 1.51. The van der Waals surface area contributed by atoms with Crippen LogP contribution < -0.4 is 0 Å². The number of likely N-dealkylation sites (tertiary alicyclic amines) is 1. The standard InChI is InChI=1S/C10H11FN2O/c11-4-8-6-13(7-8)10(14)9-2-1-3-12-5-9/h1-3,5,8H,4,6-7H2. The van der Waals surface area contributed by atoms with Crippen LogP contribution in [0.25, 0.3) is 0 Å². The molecule has 0 unspecified atom stereocenters. The molecule has 3 nitrogen and oxygen atoms in total. The molecule has 1 fully saturated rings. The molecule has 4 heteroatoms. The van der Waals surface area contributed by atoms with Gasteiger partial charge >= 0.3 is 0 Å². The fraction of sp³-hybridized carbons (Fsp3) is 0.400. The van der Waals surface area contributed by atoms with Gasteiger partial charge in [-0.2, -0.15) is 0 Å². The van der Waals surface area contributed by atoms with Gasteiger partial charge in [0.1, 0.15) is 0 Å². The van der Waals surface area contributed by atoms with Crippen LogP contribution in [0.1, 0.15) is 10.4 Å². The molecule has 2 rings (SSSR count). The Morgan fingerprint density at radius 2 is 2.43 bits per heavy atom. The molecule has 0 bridgehead atoms. The number of carbonyl (C=O) groups is 1. The molecule has 0 spiro atoms. The normalized spacial score (nSPS) is 16.5. The van der Waals surface area contributed by atoms with E-state index in [0.29, 0.717) is 18.7 Å². The van der Waals surface area contributed by atoms with E-state index in [-0.39, 0.29) is 18.5 Å². The molecule has 0 N–H and O–H groups in total. The molecule has 1 amide bonds. The van der Waals surface area contributed by atoms with Gasteiger partial charge < -0.3 is 4.90 Å². The molecule has 1 aromatic heterocycles. The molecule has 0 atom stereocenters. The third kappa shape index (κ3) is 1.60. The van der Waals surface area contributed by atoms with Crippen LogP contribution in [0.3, 0.4) is 0 Å². The molecule has 0 saturated carbocycles. The predicted octanol–water partition coefficient (Wildman–Crippen LogP) is 1.12. The zero-order chi connectivity index (χ0) is 9.97. The van der Waals surface area contributed by atoms with E-state index in [9.17, 15) is 9.18 Å². The zero-order valence-electron chi connectivity index (χ0n) is 7.69.